The van der Waals surface area contributed by atoms with Gasteiger partial charge in [-0.2, -0.15) is 0 Å². The van der Waals surface area contributed by atoms with Gasteiger partial charge in [0.15, 0.2) is 0 Å². The predicted molar refractivity (Wildman–Crippen MR) is 229 cm³/mol. The summed E-state index contributed by atoms with van der Waals surface area (Å²) >= 11 is 0. The lowest BCUT2D eigenvalue weighted by Gasteiger charge is -2.28. The quantitative estimate of drug-likeness (QED) is 0.168. The molecule has 0 saturated heterocycles. The Labute approximate surface area is 320 Å². The largest absolute Gasteiger partial charge is 0.310 e. The van der Waals surface area contributed by atoms with Gasteiger partial charge in [0.2, 0.25) is 0 Å². The van der Waals surface area contributed by atoms with Gasteiger partial charge in [-0.05, 0) is 118 Å². The fraction of sp³-hybridized carbons (Fsp3) is 0.0769. The number of hydrogen-bond donors (Lipinski definition) is 0. The van der Waals surface area contributed by atoms with E-state index in [-0.39, 0.29) is 5.41 Å². The number of aryl methyl sites for hydroxylation is 1. The first kappa shape index (κ1) is 29.9. The highest BCUT2D eigenvalue weighted by Gasteiger charge is 2.35. The minimum absolute atomic E-state index is 0.106. The summed E-state index contributed by atoms with van der Waals surface area (Å²) < 4.78 is 20.0. The minimum atomic E-state index is -0.106. The number of aromatic nitrogens is 1. The molecule has 1 aromatic heterocycles. The Hall–Kier alpha value is -6.64. The van der Waals surface area contributed by atoms with Crippen LogP contribution < -0.4 is 4.90 Å². The molecular formula is C52H40N2. The second kappa shape index (κ2) is 12.5. The summed E-state index contributed by atoms with van der Waals surface area (Å²) in [6.07, 6.45) is 0. The average Bonchev–Trinajstić information content (AvgIpc) is 3.65. The molecule has 1 aliphatic carbocycles. The van der Waals surface area contributed by atoms with Gasteiger partial charge in [0.1, 0.15) is 0 Å². The van der Waals surface area contributed by atoms with Crippen molar-refractivity contribution in [3.63, 3.8) is 0 Å². The van der Waals surface area contributed by atoms with Gasteiger partial charge >= 0.3 is 0 Å². The molecule has 0 saturated carbocycles. The van der Waals surface area contributed by atoms with E-state index >= 15 is 0 Å². The molecule has 0 spiro atoms. The summed E-state index contributed by atoms with van der Waals surface area (Å²) in [6, 6.07) is 62.9. The zero-order valence-corrected chi connectivity index (χ0v) is 30.6. The second-order valence-electron chi connectivity index (χ2n) is 15.0. The molecule has 1 heterocycles. The summed E-state index contributed by atoms with van der Waals surface area (Å²) in [6.45, 7) is 6.78. The molecule has 10 rings (SSSR count). The zero-order chi connectivity index (χ0) is 38.1. The van der Waals surface area contributed by atoms with Crippen LogP contribution in [-0.4, -0.2) is 4.57 Å². The van der Waals surface area contributed by atoms with Crippen LogP contribution in [0.1, 0.15) is 33.3 Å². The molecular weight excluding hydrogens is 653 g/mol. The van der Waals surface area contributed by atoms with Gasteiger partial charge in [-0.25, -0.2) is 0 Å². The van der Waals surface area contributed by atoms with E-state index in [4.69, 9.17) is 1.37 Å². The maximum atomic E-state index is 9.34. The van der Waals surface area contributed by atoms with E-state index in [2.05, 4.69) is 176 Å². The van der Waals surface area contributed by atoms with Crippen molar-refractivity contribution in [1.29, 1.82) is 0 Å². The normalized spacial score (nSPS) is 13.4. The highest BCUT2D eigenvalue weighted by Crippen LogP contribution is 2.50. The van der Waals surface area contributed by atoms with Crippen molar-refractivity contribution in [2.24, 2.45) is 0 Å². The third-order valence-corrected chi connectivity index (χ3v) is 11.3. The summed E-state index contributed by atoms with van der Waals surface area (Å²) in [5, 5.41) is 2.12. The third-order valence-electron chi connectivity index (χ3n) is 11.3. The smallest absolute Gasteiger partial charge is 0.0630 e. The van der Waals surface area contributed by atoms with Crippen LogP contribution in [0.2, 0.25) is 0 Å². The number of rotatable bonds is 6. The second-order valence-corrected chi connectivity index (χ2v) is 15.0. The molecule has 54 heavy (non-hydrogen) atoms. The van der Waals surface area contributed by atoms with Gasteiger partial charge in [-0.1, -0.05) is 141 Å². The number of anilines is 3. The van der Waals surface area contributed by atoms with Crippen molar-refractivity contribution in [3.8, 4) is 39.1 Å². The highest BCUT2D eigenvalue weighted by atomic mass is 15.1. The molecule has 0 fully saturated rings. The number of hydrogen-bond acceptors (Lipinski definition) is 1. The van der Waals surface area contributed by atoms with E-state index in [0.717, 1.165) is 61.2 Å². The molecule has 0 N–H and O–H groups in total. The van der Waals surface area contributed by atoms with Crippen LogP contribution in [0.4, 0.5) is 17.1 Å². The van der Waals surface area contributed by atoms with E-state index in [1.54, 1.807) is 0 Å². The molecule has 0 amide bonds. The molecule has 0 atom stereocenters. The molecule has 0 bridgehead atoms. The minimum Gasteiger partial charge on any atom is -0.310 e. The van der Waals surface area contributed by atoms with E-state index in [0.29, 0.717) is 12.1 Å². The fourth-order valence-corrected chi connectivity index (χ4v) is 8.49. The van der Waals surface area contributed by atoms with Crippen molar-refractivity contribution < 1.29 is 2.74 Å². The lowest BCUT2D eigenvalue weighted by atomic mass is 9.82. The van der Waals surface area contributed by atoms with Crippen molar-refractivity contribution >= 4 is 38.9 Å². The summed E-state index contributed by atoms with van der Waals surface area (Å²) in [4.78, 5) is 2.34. The molecule has 0 radical (unpaired) electrons. The van der Waals surface area contributed by atoms with Gasteiger partial charge < -0.3 is 9.47 Å². The summed E-state index contributed by atoms with van der Waals surface area (Å²) in [5.41, 5.74) is 16.8. The van der Waals surface area contributed by atoms with Gasteiger partial charge in [-0.15, -0.1) is 0 Å². The zero-order valence-electron chi connectivity index (χ0n) is 32.6. The lowest BCUT2D eigenvalue weighted by molar-refractivity contribution is 0.660. The molecule has 9 aromatic rings. The SMILES string of the molecule is [2H]c1ccc2c3cc(-c4ccc(N(c5ccc(C)cc5)c5ccc6c(c5)C(C)(C)c5ccccc5-6)cc4)c([2H])cc3n(-c3ccc(-c4ccccc4)cc3)c2c1. The Morgan fingerprint density at radius 2 is 1.09 bits per heavy atom. The van der Waals surface area contributed by atoms with Gasteiger partial charge in [0, 0.05) is 38.9 Å². The summed E-state index contributed by atoms with van der Waals surface area (Å²) in [7, 11) is 0. The lowest BCUT2D eigenvalue weighted by Crippen LogP contribution is -2.16. The van der Waals surface area contributed by atoms with Crippen LogP contribution >= 0.6 is 0 Å². The first-order chi connectivity index (χ1) is 27.2. The van der Waals surface area contributed by atoms with Crippen molar-refractivity contribution in [1.82, 2.24) is 4.57 Å². The molecule has 0 aliphatic heterocycles. The maximum Gasteiger partial charge on any atom is 0.0630 e. The Balaban J connectivity index is 1.06. The van der Waals surface area contributed by atoms with Gasteiger partial charge in [0.25, 0.3) is 0 Å². The first-order valence-electron chi connectivity index (χ1n) is 19.7. The predicted octanol–water partition coefficient (Wildman–Crippen LogP) is 14.2. The Bertz CT molecular complexity index is 2940. The van der Waals surface area contributed by atoms with Crippen molar-refractivity contribution in [2.75, 3.05) is 4.90 Å². The standard InChI is InChI=1S/C52H40N2/c1-35-17-24-40(25-18-35)53(43-30-31-45-44-13-7-9-15-48(44)52(2,3)49(45)34-43)41-26-21-38(22-27-41)39-23-32-51-47(33-39)46-14-8-10-16-50(46)54(51)42-28-19-37(20-29-42)36-11-5-4-6-12-36/h4-34H,1-3H3/i10D,23D. The Kier molecular flexibility index (Phi) is 6.92. The van der Waals surface area contributed by atoms with E-state index in [1.807, 2.05) is 30.3 Å². The molecule has 258 valence electrons. The molecule has 2 heteroatoms. The van der Waals surface area contributed by atoms with Crippen LogP contribution in [0.25, 0.3) is 60.9 Å². The van der Waals surface area contributed by atoms with Crippen LogP contribution in [0, 0.1) is 6.92 Å². The van der Waals surface area contributed by atoms with E-state index < -0.39 is 0 Å². The molecule has 8 aromatic carbocycles. The number of para-hydroxylation sites is 1. The first-order valence-corrected chi connectivity index (χ1v) is 18.7. The van der Waals surface area contributed by atoms with Crippen molar-refractivity contribution in [2.45, 2.75) is 26.2 Å². The van der Waals surface area contributed by atoms with Crippen LogP contribution in [0.5, 0.6) is 0 Å². The molecule has 1 aliphatic rings. The van der Waals surface area contributed by atoms with Crippen LogP contribution in [0.3, 0.4) is 0 Å². The van der Waals surface area contributed by atoms with Crippen LogP contribution in [-0.2, 0) is 5.41 Å². The average molecular weight is 695 g/mol. The van der Waals surface area contributed by atoms with E-state index in [9.17, 15) is 1.37 Å². The Morgan fingerprint density at radius 1 is 0.481 bits per heavy atom. The number of fused-ring (bicyclic) bond motifs is 6. The van der Waals surface area contributed by atoms with Crippen LogP contribution in [0.15, 0.2) is 188 Å². The molecule has 2 nitrogen and oxygen atoms in total. The third kappa shape index (κ3) is 5.17. The highest BCUT2D eigenvalue weighted by molar-refractivity contribution is 6.10. The fourth-order valence-electron chi connectivity index (χ4n) is 8.49. The maximum absolute atomic E-state index is 9.34. The Morgan fingerprint density at radius 3 is 1.87 bits per heavy atom. The number of benzene rings is 8. The van der Waals surface area contributed by atoms with E-state index in [1.165, 1.54) is 33.4 Å². The topological polar surface area (TPSA) is 8.17 Å². The summed E-state index contributed by atoms with van der Waals surface area (Å²) in [5.74, 6) is 0. The van der Waals surface area contributed by atoms with Gasteiger partial charge in [0.05, 0.1) is 13.8 Å². The van der Waals surface area contributed by atoms with Crippen molar-refractivity contribution in [3.05, 3.63) is 205 Å². The number of nitrogens with zero attached hydrogens (tertiary/aromatic N) is 2. The van der Waals surface area contributed by atoms with Gasteiger partial charge in [-0.3, -0.25) is 0 Å². The monoisotopic (exact) mass is 694 g/mol. The molecule has 0 unspecified atom stereocenters.